The van der Waals surface area contributed by atoms with E-state index >= 15 is 0 Å². The van der Waals surface area contributed by atoms with E-state index < -0.39 is 12.1 Å². The maximum absolute atomic E-state index is 13.1. The molecule has 0 saturated carbocycles. The summed E-state index contributed by atoms with van der Waals surface area (Å²) in [5.41, 5.74) is 4.92. The van der Waals surface area contributed by atoms with E-state index in [9.17, 15) is 14.7 Å². The third kappa shape index (κ3) is 5.50. The quantitative estimate of drug-likeness (QED) is 0.581. The van der Waals surface area contributed by atoms with Crippen LogP contribution in [-0.2, 0) is 16.1 Å². The van der Waals surface area contributed by atoms with Crippen LogP contribution in [0.25, 0.3) is 10.4 Å². The van der Waals surface area contributed by atoms with Crippen LogP contribution in [0.3, 0.4) is 0 Å². The molecule has 1 saturated heterocycles. The number of amides is 2. The zero-order chi connectivity index (χ0) is 22.5. The van der Waals surface area contributed by atoms with Gasteiger partial charge < -0.3 is 20.6 Å². The van der Waals surface area contributed by atoms with Gasteiger partial charge in [0.15, 0.2) is 0 Å². The van der Waals surface area contributed by atoms with Crippen LogP contribution in [0, 0.1) is 12.8 Å². The number of aliphatic hydroxyl groups is 1. The average molecular weight is 445 g/mol. The zero-order valence-corrected chi connectivity index (χ0v) is 19.4. The van der Waals surface area contributed by atoms with E-state index in [-0.39, 0.29) is 36.7 Å². The number of aryl methyl sites for hydroxylation is 1. The molecule has 2 aromatic rings. The van der Waals surface area contributed by atoms with E-state index in [2.05, 4.69) is 15.6 Å². The number of carbonyl (C=O) groups excluding carboxylic acids is 2. The molecule has 2 amide bonds. The minimum atomic E-state index is -0.684. The van der Waals surface area contributed by atoms with E-state index in [0.717, 1.165) is 21.7 Å². The molecule has 1 fully saturated rings. The zero-order valence-electron chi connectivity index (χ0n) is 18.6. The fourth-order valence-corrected chi connectivity index (χ4v) is 4.78. The molecule has 0 aliphatic carbocycles. The van der Waals surface area contributed by atoms with Crippen molar-refractivity contribution < 1.29 is 14.7 Å². The maximum Gasteiger partial charge on any atom is 0.243 e. The molecule has 2 heterocycles. The second-order valence-corrected chi connectivity index (χ2v) is 9.21. The summed E-state index contributed by atoms with van der Waals surface area (Å²) in [5, 5.41) is 16.3. The number of thiazole rings is 1. The molecule has 0 radical (unpaired) electrons. The fourth-order valence-electron chi connectivity index (χ4n) is 3.97. The van der Waals surface area contributed by atoms with Gasteiger partial charge in [-0.1, -0.05) is 45.0 Å². The van der Waals surface area contributed by atoms with Gasteiger partial charge in [0.25, 0.3) is 0 Å². The van der Waals surface area contributed by atoms with Gasteiger partial charge in [-0.15, -0.1) is 11.3 Å². The van der Waals surface area contributed by atoms with Gasteiger partial charge in [-0.2, -0.15) is 0 Å². The summed E-state index contributed by atoms with van der Waals surface area (Å²) >= 11 is 1.61. The topological polar surface area (TPSA) is 94.6 Å². The SMILES string of the molecule is CCN[C@H](C(=O)N1C[C@H](O)C[C@H]1C(=O)NCc1ccc(-c2scnc2C)cc1)C(C)C. The highest BCUT2D eigenvalue weighted by atomic mass is 32.1. The van der Waals surface area contributed by atoms with Gasteiger partial charge in [0.1, 0.15) is 6.04 Å². The highest BCUT2D eigenvalue weighted by molar-refractivity contribution is 7.13. The van der Waals surface area contributed by atoms with Gasteiger partial charge in [-0.3, -0.25) is 9.59 Å². The predicted molar refractivity (Wildman–Crippen MR) is 123 cm³/mol. The Hall–Kier alpha value is -2.29. The third-order valence-corrected chi connectivity index (χ3v) is 6.63. The van der Waals surface area contributed by atoms with Crippen LogP contribution in [0.4, 0.5) is 0 Å². The number of nitrogens with zero attached hydrogens (tertiary/aromatic N) is 2. The molecule has 1 aliphatic rings. The Morgan fingerprint density at radius 3 is 2.58 bits per heavy atom. The van der Waals surface area contributed by atoms with Gasteiger partial charge >= 0.3 is 0 Å². The number of aliphatic hydroxyl groups excluding tert-OH is 1. The van der Waals surface area contributed by atoms with E-state index in [4.69, 9.17) is 0 Å². The van der Waals surface area contributed by atoms with Crippen LogP contribution in [0.15, 0.2) is 29.8 Å². The fraction of sp³-hybridized carbons (Fsp3) is 0.522. The van der Waals surface area contributed by atoms with Crippen molar-refractivity contribution in [1.82, 2.24) is 20.5 Å². The summed E-state index contributed by atoms with van der Waals surface area (Å²) in [5.74, 6) is -0.265. The van der Waals surface area contributed by atoms with Crippen LogP contribution in [0.1, 0.15) is 38.4 Å². The Kier molecular flexibility index (Phi) is 7.80. The number of benzene rings is 1. The van der Waals surface area contributed by atoms with E-state index in [1.165, 1.54) is 4.90 Å². The largest absolute Gasteiger partial charge is 0.391 e. The van der Waals surface area contributed by atoms with E-state index in [1.54, 1.807) is 11.3 Å². The van der Waals surface area contributed by atoms with Crippen molar-refractivity contribution in [3.63, 3.8) is 0 Å². The highest BCUT2D eigenvalue weighted by Crippen LogP contribution is 2.27. The van der Waals surface area contributed by atoms with Crippen LogP contribution < -0.4 is 10.6 Å². The standard InChI is InChI=1S/C23H32N4O3S/c1-5-24-20(14(2)3)23(30)27-12-18(28)10-19(27)22(29)25-11-16-6-8-17(9-7-16)21-15(4)26-13-31-21/h6-9,13-14,18-20,24,28H,5,10-12H2,1-4H3,(H,25,29)/t18-,19+,20+/m1/s1. The lowest BCUT2D eigenvalue weighted by molar-refractivity contribution is -0.141. The Morgan fingerprint density at radius 1 is 1.29 bits per heavy atom. The summed E-state index contributed by atoms with van der Waals surface area (Å²) in [6.45, 7) is 9.12. The lowest BCUT2D eigenvalue weighted by Crippen LogP contribution is -2.54. The molecule has 3 rings (SSSR count). The van der Waals surface area contributed by atoms with Crippen molar-refractivity contribution in [2.24, 2.45) is 5.92 Å². The second-order valence-electron chi connectivity index (χ2n) is 8.36. The molecular weight excluding hydrogens is 412 g/mol. The molecule has 3 N–H and O–H groups in total. The molecule has 8 heteroatoms. The normalized spacial score (nSPS) is 19.6. The molecule has 3 atom stereocenters. The van der Waals surface area contributed by atoms with Crippen molar-refractivity contribution in [3.05, 3.63) is 41.0 Å². The van der Waals surface area contributed by atoms with Crippen molar-refractivity contribution in [2.45, 2.75) is 58.8 Å². The number of nitrogens with one attached hydrogen (secondary N) is 2. The molecule has 0 unspecified atom stereocenters. The number of likely N-dealkylation sites (N-methyl/N-ethyl adjacent to an activating group) is 1. The molecule has 31 heavy (non-hydrogen) atoms. The van der Waals surface area contributed by atoms with E-state index in [1.807, 2.05) is 57.5 Å². The number of hydrogen-bond donors (Lipinski definition) is 3. The molecule has 1 aromatic carbocycles. The number of hydrogen-bond acceptors (Lipinski definition) is 6. The molecular formula is C23H32N4O3S. The number of β-amino-alcohol motifs (C(OH)–C–C–N with tert-alkyl or cyclic N) is 1. The second kappa shape index (κ2) is 10.3. The summed E-state index contributed by atoms with van der Waals surface area (Å²) < 4.78 is 0. The van der Waals surface area contributed by atoms with Gasteiger partial charge in [0.2, 0.25) is 11.8 Å². The van der Waals surface area contributed by atoms with E-state index in [0.29, 0.717) is 13.1 Å². The Labute approximate surface area is 187 Å². The van der Waals surface area contributed by atoms with Crippen LogP contribution in [0.5, 0.6) is 0 Å². The van der Waals surface area contributed by atoms with Crippen molar-refractivity contribution in [1.29, 1.82) is 0 Å². The van der Waals surface area contributed by atoms with Gasteiger partial charge in [-0.25, -0.2) is 4.98 Å². The Morgan fingerprint density at radius 2 is 2.00 bits per heavy atom. The number of likely N-dealkylation sites (tertiary alicyclic amines) is 1. The summed E-state index contributed by atoms with van der Waals surface area (Å²) in [6.07, 6.45) is -0.422. The minimum absolute atomic E-state index is 0.0922. The molecule has 1 aromatic heterocycles. The lowest BCUT2D eigenvalue weighted by atomic mass is 10.0. The summed E-state index contributed by atoms with van der Waals surface area (Å²) in [4.78, 5) is 32.9. The Balaban J connectivity index is 1.63. The first kappa shape index (κ1) is 23.4. The first-order chi connectivity index (χ1) is 14.8. The molecule has 1 aliphatic heterocycles. The maximum atomic E-state index is 13.1. The number of aromatic nitrogens is 1. The first-order valence-corrected chi connectivity index (χ1v) is 11.7. The first-order valence-electron chi connectivity index (χ1n) is 10.8. The van der Waals surface area contributed by atoms with Crippen molar-refractivity contribution in [3.8, 4) is 10.4 Å². The van der Waals surface area contributed by atoms with Crippen LogP contribution in [-0.4, -0.2) is 58.1 Å². The van der Waals surface area contributed by atoms with Crippen molar-refractivity contribution in [2.75, 3.05) is 13.1 Å². The average Bonchev–Trinajstić information content (AvgIpc) is 3.35. The molecule has 0 spiro atoms. The smallest absolute Gasteiger partial charge is 0.243 e. The van der Waals surface area contributed by atoms with Crippen LogP contribution >= 0.6 is 11.3 Å². The summed E-state index contributed by atoms with van der Waals surface area (Å²) in [6, 6.07) is 7.01. The predicted octanol–water partition coefficient (Wildman–Crippen LogP) is 2.33. The van der Waals surface area contributed by atoms with Crippen molar-refractivity contribution >= 4 is 23.2 Å². The molecule has 7 nitrogen and oxygen atoms in total. The molecule has 0 bridgehead atoms. The Bertz CT molecular complexity index is 896. The monoisotopic (exact) mass is 444 g/mol. The summed E-state index contributed by atoms with van der Waals surface area (Å²) in [7, 11) is 0. The molecule has 168 valence electrons. The van der Waals surface area contributed by atoms with Gasteiger partial charge in [-0.05, 0) is 30.5 Å². The number of rotatable bonds is 8. The van der Waals surface area contributed by atoms with Gasteiger partial charge in [0, 0.05) is 19.5 Å². The minimum Gasteiger partial charge on any atom is -0.391 e. The van der Waals surface area contributed by atoms with Crippen LogP contribution in [0.2, 0.25) is 0 Å². The lowest BCUT2D eigenvalue weighted by Gasteiger charge is -2.30. The third-order valence-electron chi connectivity index (χ3n) is 5.65. The number of carbonyl (C=O) groups is 2. The highest BCUT2D eigenvalue weighted by Gasteiger charge is 2.41. The van der Waals surface area contributed by atoms with Gasteiger partial charge in [0.05, 0.1) is 28.2 Å².